The summed E-state index contributed by atoms with van der Waals surface area (Å²) < 4.78 is 73.1. The third kappa shape index (κ3) is 3.93. The van der Waals surface area contributed by atoms with E-state index in [4.69, 9.17) is 10.2 Å². The summed E-state index contributed by atoms with van der Waals surface area (Å²) in [5.74, 6) is -10.8. The van der Waals surface area contributed by atoms with Crippen molar-refractivity contribution in [2.24, 2.45) is 0 Å². The van der Waals surface area contributed by atoms with Crippen LogP contribution in [0.15, 0.2) is 18.2 Å². The molecule has 2 nitrogen and oxygen atoms in total. The van der Waals surface area contributed by atoms with Crippen molar-refractivity contribution in [2.75, 3.05) is 0 Å². The van der Waals surface area contributed by atoms with Crippen molar-refractivity contribution in [2.45, 2.75) is 0 Å². The van der Waals surface area contributed by atoms with E-state index in [-0.39, 0.29) is 3.57 Å². The zero-order valence-electron chi connectivity index (χ0n) is 9.77. The van der Waals surface area contributed by atoms with Crippen LogP contribution in [-0.2, 0) is 0 Å². The fourth-order valence-electron chi connectivity index (χ4n) is 1.07. The Bertz CT molecular complexity index is 624. The van der Waals surface area contributed by atoms with Crippen LogP contribution < -0.4 is 0 Å². The fourth-order valence-corrected chi connectivity index (χ4v) is 1.58. The average Bonchev–Trinajstić information content (AvgIpc) is 2.45. The highest BCUT2D eigenvalue weighted by Crippen LogP contribution is 2.26. The lowest BCUT2D eigenvalue weighted by atomic mass is 10.3. The minimum Gasteiger partial charge on any atom is -0.505 e. The average molecular weight is 422 g/mol. The zero-order valence-corrected chi connectivity index (χ0v) is 11.9. The number of hydrogen-bond donors (Lipinski definition) is 2. The normalized spacial score (nSPS) is 10.0. The van der Waals surface area contributed by atoms with E-state index in [2.05, 4.69) is 0 Å². The predicted molar refractivity (Wildman–Crippen MR) is 68.7 cm³/mol. The van der Waals surface area contributed by atoms with Gasteiger partial charge in [0.1, 0.15) is 0 Å². The quantitative estimate of drug-likeness (QED) is 0.289. The smallest absolute Gasteiger partial charge is 0.204 e. The Morgan fingerprint density at radius 3 is 1.76 bits per heavy atom. The molecule has 0 aromatic heterocycles. The van der Waals surface area contributed by atoms with Crippen molar-refractivity contribution < 1.29 is 36.6 Å². The number of phenols is 2. The van der Waals surface area contributed by atoms with Gasteiger partial charge in [-0.05, 0) is 40.8 Å². The van der Waals surface area contributed by atoms with Gasteiger partial charge in [-0.1, -0.05) is 0 Å². The van der Waals surface area contributed by atoms with Crippen molar-refractivity contribution in [3.8, 4) is 11.5 Å². The summed E-state index contributed by atoms with van der Waals surface area (Å²) in [6, 6.07) is 2.11. The number of rotatable bonds is 0. The van der Waals surface area contributed by atoms with E-state index in [1.165, 1.54) is 22.6 Å². The summed E-state index contributed by atoms with van der Waals surface area (Å²) in [7, 11) is 0. The van der Waals surface area contributed by atoms with Crippen molar-refractivity contribution in [1.29, 1.82) is 0 Å². The first kappa shape index (κ1) is 17.4. The van der Waals surface area contributed by atoms with Gasteiger partial charge in [0.05, 0.1) is 3.57 Å². The van der Waals surface area contributed by atoms with E-state index < -0.39 is 46.4 Å². The van der Waals surface area contributed by atoms with Gasteiger partial charge in [-0.2, -0.15) is 8.78 Å². The van der Waals surface area contributed by atoms with Crippen LogP contribution in [0.5, 0.6) is 11.5 Å². The van der Waals surface area contributed by atoms with Crippen molar-refractivity contribution >= 4 is 22.6 Å². The first-order valence-corrected chi connectivity index (χ1v) is 6.09. The van der Waals surface area contributed by atoms with Gasteiger partial charge in [0, 0.05) is 0 Å². The molecule has 0 unspecified atom stereocenters. The summed E-state index contributed by atoms with van der Waals surface area (Å²) in [5, 5.41) is 17.2. The van der Waals surface area contributed by atoms with E-state index in [1.807, 2.05) is 0 Å². The maximum absolute atomic E-state index is 12.4. The molecule has 114 valence electrons. The Morgan fingerprint density at radius 1 is 0.714 bits per heavy atom. The van der Waals surface area contributed by atoms with Crippen LogP contribution in [-0.4, -0.2) is 10.2 Å². The lowest BCUT2D eigenvalue weighted by Crippen LogP contribution is -1.92. The Kier molecular flexibility index (Phi) is 5.70. The van der Waals surface area contributed by atoms with Gasteiger partial charge in [0.2, 0.25) is 11.6 Å². The highest BCUT2D eigenvalue weighted by Gasteiger charge is 2.16. The lowest BCUT2D eigenvalue weighted by Gasteiger charge is -1.99. The molecule has 0 aliphatic carbocycles. The summed E-state index contributed by atoms with van der Waals surface area (Å²) in [6.07, 6.45) is 0. The van der Waals surface area contributed by atoms with Crippen LogP contribution >= 0.6 is 22.6 Å². The molecule has 0 atom stereocenters. The van der Waals surface area contributed by atoms with Crippen LogP contribution in [0.3, 0.4) is 0 Å². The monoisotopic (exact) mass is 422 g/mol. The Morgan fingerprint density at radius 2 is 1.24 bits per heavy atom. The maximum atomic E-state index is 12.4. The molecular weight excluding hydrogens is 417 g/mol. The molecule has 2 aromatic carbocycles. The van der Waals surface area contributed by atoms with Gasteiger partial charge in [-0.25, -0.2) is 17.6 Å². The number of benzene rings is 2. The van der Waals surface area contributed by atoms with Crippen LogP contribution in [0.1, 0.15) is 0 Å². The minimum absolute atomic E-state index is 0.0565. The number of aromatic hydroxyl groups is 2. The molecule has 0 radical (unpaired) electrons. The van der Waals surface area contributed by atoms with Crippen LogP contribution in [0.2, 0.25) is 0 Å². The molecule has 0 fully saturated rings. The van der Waals surface area contributed by atoms with Gasteiger partial charge < -0.3 is 10.2 Å². The van der Waals surface area contributed by atoms with Crippen molar-refractivity contribution in [3.05, 3.63) is 56.7 Å². The Hall–Kier alpha value is -1.65. The van der Waals surface area contributed by atoms with E-state index in [1.54, 1.807) is 0 Å². The molecule has 0 saturated heterocycles. The second-order valence-corrected chi connectivity index (χ2v) is 4.67. The number of halogens is 7. The minimum atomic E-state index is -1.65. The lowest BCUT2D eigenvalue weighted by molar-refractivity contribution is 0.383. The van der Waals surface area contributed by atoms with Gasteiger partial charge in [0.25, 0.3) is 0 Å². The fraction of sp³-hybridized carbons (Fsp3) is 0. The molecule has 0 heterocycles. The molecular formula is C12H5F6IO2. The van der Waals surface area contributed by atoms with Crippen LogP contribution in [0.25, 0.3) is 0 Å². The molecule has 0 aliphatic rings. The number of phenolic OH excluding ortho intramolecular Hbond substituents is 2. The molecule has 21 heavy (non-hydrogen) atoms. The maximum Gasteiger partial charge on any atom is 0.204 e. The summed E-state index contributed by atoms with van der Waals surface area (Å²) in [4.78, 5) is 0. The van der Waals surface area contributed by atoms with E-state index >= 15 is 0 Å². The summed E-state index contributed by atoms with van der Waals surface area (Å²) in [5.41, 5.74) is 0. The standard InChI is InChI=1S/C6H2F3IO.C6H3F3O/c7-2-1-3(10)6(11)5(9)4(2)8;7-3-1-2-4(10)6(9)5(3)8/h1,11H;1-2,10H. The first-order valence-electron chi connectivity index (χ1n) is 5.01. The largest absolute Gasteiger partial charge is 0.505 e. The van der Waals surface area contributed by atoms with Gasteiger partial charge >= 0.3 is 0 Å². The van der Waals surface area contributed by atoms with Gasteiger partial charge in [0.15, 0.2) is 34.8 Å². The van der Waals surface area contributed by atoms with Crippen molar-refractivity contribution in [3.63, 3.8) is 0 Å². The Labute approximate surface area is 127 Å². The topological polar surface area (TPSA) is 40.5 Å². The highest BCUT2D eigenvalue weighted by atomic mass is 127. The molecule has 2 aromatic rings. The molecule has 2 N–H and O–H groups in total. The molecule has 2 rings (SSSR count). The Balaban J connectivity index is 0.000000211. The third-order valence-electron chi connectivity index (χ3n) is 2.10. The molecule has 9 heteroatoms. The highest BCUT2D eigenvalue weighted by molar-refractivity contribution is 14.1. The molecule has 0 bridgehead atoms. The van der Waals surface area contributed by atoms with E-state index in [0.29, 0.717) is 12.1 Å². The van der Waals surface area contributed by atoms with Crippen LogP contribution in [0, 0.1) is 38.5 Å². The molecule has 0 spiro atoms. The predicted octanol–water partition coefficient (Wildman–Crippen LogP) is 4.22. The van der Waals surface area contributed by atoms with Gasteiger partial charge in [-0.15, -0.1) is 0 Å². The molecule has 0 amide bonds. The first-order chi connectivity index (χ1) is 9.66. The SMILES string of the molecule is Oc1c(I)cc(F)c(F)c1F.Oc1ccc(F)c(F)c1F. The molecule has 0 aliphatic heterocycles. The zero-order chi connectivity index (χ0) is 16.3. The summed E-state index contributed by atoms with van der Waals surface area (Å²) in [6.45, 7) is 0. The second-order valence-electron chi connectivity index (χ2n) is 3.51. The third-order valence-corrected chi connectivity index (χ3v) is 2.93. The summed E-state index contributed by atoms with van der Waals surface area (Å²) >= 11 is 1.50. The van der Waals surface area contributed by atoms with Gasteiger partial charge in [-0.3, -0.25) is 0 Å². The van der Waals surface area contributed by atoms with Crippen molar-refractivity contribution in [1.82, 2.24) is 0 Å². The van der Waals surface area contributed by atoms with E-state index in [9.17, 15) is 26.3 Å². The second kappa shape index (κ2) is 6.87. The number of hydrogen-bond acceptors (Lipinski definition) is 2. The van der Waals surface area contributed by atoms with E-state index in [0.717, 1.165) is 6.07 Å². The van der Waals surface area contributed by atoms with Crippen LogP contribution in [0.4, 0.5) is 26.3 Å². The molecule has 0 saturated carbocycles.